The Hall–Kier alpha value is -1.50. The van der Waals surface area contributed by atoms with Crippen molar-refractivity contribution in [2.24, 2.45) is 0 Å². The second-order valence-electron chi connectivity index (χ2n) is 2.40. The van der Waals surface area contributed by atoms with E-state index in [1.165, 1.54) is 0 Å². The zero-order valence-electron chi connectivity index (χ0n) is 7.83. The van der Waals surface area contributed by atoms with Gasteiger partial charge < -0.3 is 9.84 Å². The molecule has 0 unspecified atom stereocenters. The van der Waals surface area contributed by atoms with Crippen LogP contribution < -0.4 is 0 Å². The number of hydrogen-bond acceptors (Lipinski definition) is 3. The van der Waals surface area contributed by atoms with Crippen molar-refractivity contribution < 1.29 is 14.6 Å². The molecule has 0 rings (SSSR count). The molecule has 4 nitrogen and oxygen atoms in total. The van der Waals surface area contributed by atoms with Crippen LogP contribution in [0.1, 0.15) is 26.7 Å². The molecule has 0 fully saturated rings. The van der Waals surface area contributed by atoms with Crippen molar-refractivity contribution in [1.82, 2.24) is 0 Å². The van der Waals surface area contributed by atoms with Crippen LogP contribution in [-0.4, -0.2) is 17.7 Å². The number of nitrogens with zero attached hydrogens (tertiary/aromatic N) is 1. The third-order valence-electron chi connectivity index (χ3n) is 1.40. The number of carbonyl (C=O) groups is 1. The molecular formula is C9H13NO3. The molecule has 0 amide bonds. The predicted molar refractivity (Wildman–Crippen MR) is 46.8 cm³/mol. The van der Waals surface area contributed by atoms with Gasteiger partial charge in [-0.3, -0.25) is 0 Å². The van der Waals surface area contributed by atoms with Crippen molar-refractivity contribution in [3.05, 3.63) is 11.3 Å². The van der Waals surface area contributed by atoms with E-state index in [1.54, 1.807) is 13.0 Å². The van der Waals surface area contributed by atoms with Gasteiger partial charge in [-0.1, -0.05) is 6.92 Å². The van der Waals surface area contributed by atoms with Crippen molar-refractivity contribution in [2.75, 3.05) is 6.61 Å². The van der Waals surface area contributed by atoms with E-state index < -0.39 is 5.97 Å². The van der Waals surface area contributed by atoms with Crippen LogP contribution >= 0.6 is 0 Å². The first-order valence-electron chi connectivity index (χ1n) is 4.16. The van der Waals surface area contributed by atoms with Gasteiger partial charge in [-0.25, -0.2) is 4.79 Å². The first-order valence-corrected chi connectivity index (χ1v) is 4.16. The Bertz CT molecular complexity index is 242. The number of hydrogen-bond donors (Lipinski definition) is 1. The Morgan fingerprint density at radius 1 is 1.54 bits per heavy atom. The molecular weight excluding hydrogens is 170 g/mol. The molecule has 0 bridgehead atoms. The van der Waals surface area contributed by atoms with E-state index in [9.17, 15) is 4.79 Å². The number of ether oxygens (including phenoxy) is 1. The molecule has 0 aromatic carbocycles. The number of carboxylic acid groups (broad SMARTS) is 1. The van der Waals surface area contributed by atoms with Gasteiger partial charge in [0.1, 0.15) is 11.8 Å². The Labute approximate surface area is 77.4 Å². The molecule has 4 heteroatoms. The van der Waals surface area contributed by atoms with E-state index >= 15 is 0 Å². The summed E-state index contributed by atoms with van der Waals surface area (Å²) in [4.78, 5) is 10.6. The Morgan fingerprint density at radius 3 is 2.46 bits per heavy atom. The van der Waals surface area contributed by atoms with Crippen LogP contribution in [0.25, 0.3) is 0 Å². The fraction of sp³-hybridized carbons (Fsp3) is 0.556. The SMILES string of the molecule is CCC/C(OCC)=C(\C#N)C(=O)O. The maximum atomic E-state index is 10.6. The number of rotatable bonds is 5. The highest BCUT2D eigenvalue weighted by Gasteiger charge is 2.14. The summed E-state index contributed by atoms with van der Waals surface area (Å²) >= 11 is 0. The molecule has 72 valence electrons. The Kier molecular flexibility index (Phi) is 5.37. The van der Waals surface area contributed by atoms with Crippen molar-refractivity contribution in [2.45, 2.75) is 26.7 Å². The third kappa shape index (κ3) is 3.61. The van der Waals surface area contributed by atoms with E-state index in [0.29, 0.717) is 13.0 Å². The fourth-order valence-corrected chi connectivity index (χ4v) is 0.900. The monoisotopic (exact) mass is 183 g/mol. The molecule has 1 N–H and O–H groups in total. The normalized spacial score (nSPS) is 11.5. The van der Waals surface area contributed by atoms with Gasteiger partial charge in [0.25, 0.3) is 0 Å². The second kappa shape index (κ2) is 6.06. The van der Waals surface area contributed by atoms with Crippen LogP contribution in [0.4, 0.5) is 0 Å². The van der Waals surface area contributed by atoms with Gasteiger partial charge >= 0.3 is 5.97 Å². The Morgan fingerprint density at radius 2 is 2.15 bits per heavy atom. The molecule has 0 saturated carbocycles. The highest BCUT2D eigenvalue weighted by atomic mass is 16.5. The number of aliphatic carboxylic acids is 1. The molecule has 0 aromatic rings. The summed E-state index contributed by atoms with van der Waals surface area (Å²) in [7, 11) is 0. The molecule has 13 heavy (non-hydrogen) atoms. The molecule has 0 atom stereocenters. The molecule has 0 radical (unpaired) electrons. The summed E-state index contributed by atoms with van der Waals surface area (Å²) in [6, 6.07) is 1.63. The summed E-state index contributed by atoms with van der Waals surface area (Å²) < 4.78 is 5.07. The average Bonchev–Trinajstić information content (AvgIpc) is 2.05. The van der Waals surface area contributed by atoms with E-state index in [4.69, 9.17) is 15.1 Å². The molecule has 0 aliphatic heterocycles. The predicted octanol–water partition coefficient (Wildman–Crippen LogP) is 1.69. The van der Waals surface area contributed by atoms with Gasteiger partial charge in [0.05, 0.1) is 6.61 Å². The largest absolute Gasteiger partial charge is 0.497 e. The first kappa shape index (κ1) is 11.5. The van der Waals surface area contributed by atoms with Gasteiger partial charge in [0.2, 0.25) is 0 Å². The molecule has 0 aliphatic carbocycles. The minimum Gasteiger partial charge on any atom is -0.497 e. The average molecular weight is 183 g/mol. The number of carboxylic acids is 1. The smallest absolute Gasteiger partial charge is 0.349 e. The van der Waals surface area contributed by atoms with E-state index in [1.807, 2.05) is 6.92 Å². The number of nitriles is 1. The molecule has 0 saturated heterocycles. The lowest BCUT2D eigenvalue weighted by Gasteiger charge is -2.07. The molecule has 0 aromatic heterocycles. The first-order chi connectivity index (χ1) is 6.17. The highest BCUT2D eigenvalue weighted by Crippen LogP contribution is 2.12. The standard InChI is InChI=1S/C9H13NO3/c1-3-5-8(13-4-2)7(6-10)9(11)12/h3-5H2,1-2H3,(H,11,12)/b8-7-. The lowest BCUT2D eigenvalue weighted by atomic mass is 10.2. The maximum Gasteiger partial charge on any atom is 0.349 e. The van der Waals surface area contributed by atoms with Gasteiger partial charge in [0.15, 0.2) is 5.57 Å². The summed E-state index contributed by atoms with van der Waals surface area (Å²) in [6.45, 7) is 4.04. The van der Waals surface area contributed by atoms with Crippen molar-refractivity contribution >= 4 is 5.97 Å². The summed E-state index contributed by atoms with van der Waals surface area (Å²) in [5.41, 5.74) is -0.288. The van der Waals surface area contributed by atoms with Crippen molar-refractivity contribution in [3.8, 4) is 6.07 Å². The second-order valence-corrected chi connectivity index (χ2v) is 2.40. The fourth-order valence-electron chi connectivity index (χ4n) is 0.900. The van der Waals surface area contributed by atoms with Crippen molar-refractivity contribution in [3.63, 3.8) is 0 Å². The van der Waals surface area contributed by atoms with Gasteiger partial charge in [0, 0.05) is 6.42 Å². The van der Waals surface area contributed by atoms with E-state index in [-0.39, 0.29) is 11.3 Å². The van der Waals surface area contributed by atoms with E-state index in [2.05, 4.69) is 0 Å². The number of allylic oxidation sites excluding steroid dienone is 1. The summed E-state index contributed by atoms with van der Waals surface area (Å²) in [5.74, 6) is -0.945. The minimum absolute atomic E-state index is 0.278. The van der Waals surface area contributed by atoms with Crippen molar-refractivity contribution in [1.29, 1.82) is 5.26 Å². The molecule has 0 spiro atoms. The van der Waals surface area contributed by atoms with Crippen LogP contribution in [-0.2, 0) is 9.53 Å². The van der Waals surface area contributed by atoms with Crippen LogP contribution in [0.15, 0.2) is 11.3 Å². The van der Waals surface area contributed by atoms with Crippen LogP contribution in [0, 0.1) is 11.3 Å². The zero-order chi connectivity index (χ0) is 10.3. The van der Waals surface area contributed by atoms with Gasteiger partial charge in [-0.2, -0.15) is 5.26 Å². The summed E-state index contributed by atoms with van der Waals surface area (Å²) in [6.07, 6.45) is 1.25. The van der Waals surface area contributed by atoms with Gasteiger partial charge in [-0.05, 0) is 13.3 Å². The van der Waals surface area contributed by atoms with Crippen LogP contribution in [0.2, 0.25) is 0 Å². The minimum atomic E-state index is -1.22. The lowest BCUT2D eigenvalue weighted by molar-refractivity contribution is -0.132. The third-order valence-corrected chi connectivity index (χ3v) is 1.40. The van der Waals surface area contributed by atoms with Crippen LogP contribution in [0.5, 0.6) is 0 Å². The van der Waals surface area contributed by atoms with Crippen LogP contribution in [0.3, 0.4) is 0 Å². The Balaban J connectivity index is 4.79. The quantitative estimate of drug-likeness (QED) is 0.400. The van der Waals surface area contributed by atoms with Gasteiger partial charge in [-0.15, -0.1) is 0 Å². The molecule has 0 heterocycles. The topological polar surface area (TPSA) is 70.3 Å². The maximum absolute atomic E-state index is 10.6. The zero-order valence-corrected chi connectivity index (χ0v) is 7.83. The molecule has 0 aliphatic rings. The summed E-state index contributed by atoms with van der Waals surface area (Å²) in [5, 5.41) is 17.2. The highest BCUT2D eigenvalue weighted by molar-refractivity contribution is 5.91. The lowest BCUT2D eigenvalue weighted by Crippen LogP contribution is -2.05. The van der Waals surface area contributed by atoms with E-state index in [0.717, 1.165) is 6.42 Å².